The average molecular weight is 276 g/mol. The van der Waals surface area contributed by atoms with Gasteiger partial charge in [-0.3, -0.25) is 0 Å². The zero-order chi connectivity index (χ0) is 14.0. The van der Waals surface area contributed by atoms with Gasteiger partial charge in [0, 0.05) is 11.3 Å². The summed E-state index contributed by atoms with van der Waals surface area (Å²) in [5, 5.41) is 1.13. The lowest BCUT2D eigenvalue weighted by atomic mass is 10.1. The minimum absolute atomic E-state index is 0.136. The molecule has 0 aliphatic carbocycles. The quantitative estimate of drug-likeness (QED) is 0.866. The van der Waals surface area contributed by atoms with Crippen molar-refractivity contribution in [1.29, 1.82) is 0 Å². The molecular weight excluding hydrogens is 256 g/mol. The molecule has 1 heterocycles. The lowest BCUT2D eigenvalue weighted by Crippen LogP contribution is -2.07. The van der Waals surface area contributed by atoms with Crippen LogP contribution in [0.4, 0.5) is 5.69 Å². The summed E-state index contributed by atoms with van der Waals surface area (Å²) in [7, 11) is 0. The number of nitrogens with zero attached hydrogens (tertiary/aromatic N) is 1. The topological polar surface area (TPSA) is 48.1 Å². The van der Waals surface area contributed by atoms with Crippen molar-refractivity contribution in [2.24, 2.45) is 0 Å². The highest BCUT2D eigenvalue weighted by molar-refractivity contribution is 7.11. The van der Waals surface area contributed by atoms with Crippen LogP contribution in [-0.4, -0.2) is 11.1 Å². The summed E-state index contributed by atoms with van der Waals surface area (Å²) in [6.45, 7) is 8.14. The molecule has 1 aromatic heterocycles. The van der Waals surface area contributed by atoms with E-state index in [1.54, 1.807) is 11.3 Å². The Hall–Kier alpha value is -1.55. The molecule has 0 radical (unpaired) electrons. The van der Waals surface area contributed by atoms with E-state index in [0.29, 0.717) is 5.69 Å². The van der Waals surface area contributed by atoms with E-state index in [-0.39, 0.29) is 6.10 Å². The van der Waals surface area contributed by atoms with Gasteiger partial charge in [0.15, 0.2) is 0 Å². The molecule has 0 bridgehead atoms. The van der Waals surface area contributed by atoms with Crippen LogP contribution in [0.25, 0.3) is 0 Å². The third kappa shape index (κ3) is 3.47. The van der Waals surface area contributed by atoms with E-state index >= 15 is 0 Å². The smallest absolute Gasteiger partial charge is 0.142 e. The normalized spacial score (nSPS) is 11.0. The number of hydrogen-bond donors (Lipinski definition) is 1. The standard InChI is InChI=1S/C15H20N2OS/c1-9(2)18-14-6-5-12(7-13(14)16)8-15-17-10(3)11(4)19-15/h5-7,9H,8,16H2,1-4H3. The predicted molar refractivity (Wildman–Crippen MR) is 81.0 cm³/mol. The summed E-state index contributed by atoms with van der Waals surface area (Å²) in [5.41, 5.74) is 8.99. The van der Waals surface area contributed by atoms with Crippen molar-refractivity contribution in [3.8, 4) is 5.75 Å². The molecule has 102 valence electrons. The molecule has 1 aromatic carbocycles. The SMILES string of the molecule is Cc1nc(Cc2ccc(OC(C)C)c(N)c2)sc1C. The van der Waals surface area contributed by atoms with Gasteiger partial charge in [0.05, 0.1) is 22.5 Å². The first-order valence-electron chi connectivity index (χ1n) is 6.43. The van der Waals surface area contributed by atoms with Crippen LogP contribution in [0, 0.1) is 13.8 Å². The number of ether oxygens (including phenoxy) is 1. The third-order valence-electron chi connectivity index (χ3n) is 2.87. The fraction of sp³-hybridized carbons (Fsp3) is 0.400. The fourth-order valence-electron chi connectivity index (χ4n) is 1.86. The number of thiazole rings is 1. The molecule has 4 heteroatoms. The lowest BCUT2D eigenvalue weighted by Gasteiger charge is -2.12. The number of benzene rings is 1. The van der Waals surface area contributed by atoms with Crippen LogP contribution in [-0.2, 0) is 6.42 Å². The number of aromatic nitrogens is 1. The molecule has 2 aromatic rings. The number of nitrogens with two attached hydrogens (primary N) is 1. The highest BCUT2D eigenvalue weighted by Crippen LogP contribution is 2.26. The van der Waals surface area contributed by atoms with Crippen LogP contribution in [0.2, 0.25) is 0 Å². The van der Waals surface area contributed by atoms with Crippen LogP contribution in [0.1, 0.15) is 35.0 Å². The second-order valence-corrected chi connectivity index (χ2v) is 6.25. The van der Waals surface area contributed by atoms with Crippen LogP contribution in [0.15, 0.2) is 18.2 Å². The Labute approximate surface area is 118 Å². The van der Waals surface area contributed by atoms with Crippen molar-refractivity contribution in [3.05, 3.63) is 39.3 Å². The van der Waals surface area contributed by atoms with Crippen LogP contribution in [0.5, 0.6) is 5.75 Å². The lowest BCUT2D eigenvalue weighted by molar-refractivity contribution is 0.244. The summed E-state index contributed by atoms with van der Waals surface area (Å²) in [6, 6.07) is 5.97. The Morgan fingerprint density at radius 3 is 2.58 bits per heavy atom. The first kappa shape index (κ1) is 13.9. The Morgan fingerprint density at radius 2 is 2.05 bits per heavy atom. The average Bonchev–Trinajstić information content (AvgIpc) is 2.61. The summed E-state index contributed by atoms with van der Waals surface area (Å²) in [5.74, 6) is 0.755. The van der Waals surface area contributed by atoms with Crippen LogP contribution < -0.4 is 10.5 Å². The fourth-order valence-corrected chi connectivity index (χ4v) is 2.83. The molecule has 0 saturated carbocycles. The Bertz CT molecular complexity index is 556. The minimum atomic E-state index is 0.136. The Kier molecular flexibility index (Phi) is 4.10. The maximum absolute atomic E-state index is 6.02. The number of anilines is 1. The van der Waals surface area contributed by atoms with Gasteiger partial charge < -0.3 is 10.5 Å². The molecule has 2 N–H and O–H groups in total. The summed E-state index contributed by atoms with van der Waals surface area (Å²) >= 11 is 1.75. The number of hydrogen-bond acceptors (Lipinski definition) is 4. The van der Waals surface area contributed by atoms with Crippen molar-refractivity contribution < 1.29 is 4.74 Å². The summed E-state index contributed by atoms with van der Waals surface area (Å²) in [4.78, 5) is 5.83. The Balaban J connectivity index is 2.15. The molecule has 0 aliphatic rings. The summed E-state index contributed by atoms with van der Waals surface area (Å²) in [6.07, 6.45) is 0.961. The first-order chi connectivity index (χ1) is 8.95. The molecule has 0 saturated heterocycles. The third-order valence-corrected chi connectivity index (χ3v) is 3.94. The van der Waals surface area contributed by atoms with Gasteiger partial charge in [-0.1, -0.05) is 6.07 Å². The van der Waals surface area contributed by atoms with Crippen molar-refractivity contribution in [2.75, 3.05) is 5.73 Å². The van der Waals surface area contributed by atoms with Crippen molar-refractivity contribution in [1.82, 2.24) is 4.98 Å². The predicted octanol–water partition coefficient (Wildman–Crippen LogP) is 3.72. The van der Waals surface area contributed by atoms with E-state index in [1.165, 1.54) is 10.4 Å². The van der Waals surface area contributed by atoms with E-state index < -0.39 is 0 Å². The molecule has 0 unspecified atom stereocenters. The zero-order valence-electron chi connectivity index (χ0n) is 11.9. The molecule has 2 rings (SSSR count). The molecule has 0 fully saturated rings. The monoisotopic (exact) mass is 276 g/mol. The van der Waals surface area contributed by atoms with Gasteiger partial charge >= 0.3 is 0 Å². The molecule has 0 aliphatic heterocycles. The largest absolute Gasteiger partial charge is 0.489 e. The van der Waals surface area contributed by atoms with Gasteiger partial charge in [0.2, 0.25) is 0 Å². The molecule has 0 spiro atoms. The Morgan fingerprint density at radius 1 is 1.32 bits per heavy atom. The minimum Gasteiger partial charge on any atom is -0.489 e. The van der Waals surface area contributed by atoms with Gasteiger partial charge in [0.25, 0.3) is 0 Å². The number of aryl methyl sites for hydroxylation is 2. The molecule has 0 amide bonds. The van der Waals surface area contributed by atoms with Gasteiger partial charge in [-0.05, 0) is 45.4 Å². The van der Waals surface area contributed by atoms with E-state index in [4.69, 9.17) is 10.5 Å². The molecule has 0 atom stereocenters. The van der Waals surface area contributed by atoms with Gasteiger partial charge in [-0.15, -0.1) is 11.3 Å². The van der Waals surface area contributed by atoms with E-state index in [2.05, 4.69) is 18.0 Å². The van der Waals surface area contributed by atoms with Gasteiger partial charge in [-0.2, -0.15) is 0 Å². The zero-order valence-corrected chi connectivity index (χ0v) is 12.7. The molecule has 19 heavy (non-hydrogen) atoms. The van der Waals surface area contributed by atoms with Crippen molar-refractivity contribution >= 4 is 17.0 Å². The molecule has 3 nitrogen and oxygen atoms in total. The van der Waals surface area contributed by atoms with Gasteiger partial charge in [0.1, 0.15) is 5.75 Å². The number of nitrogen functional groups attached to an aromatic ring is 1. The second kappa shape index (κ2) is 5.61. The van der Waals surface area contributed by atoms with Gasteiger partial charge in [-0.25, -0.2) is 4.98 Å². The molecular formula is C15H20N2OS. The summed E-state index contributed by atoms with van der Waals surface area (Å²) < 4.78 is 5.64. The highest BCUT2D eigenvalue weighted by atomic mass is 32.1. The second-order valence-electron chi connectivity index (χ2n) is 4.96. The van der Waals surface area contributed by atoms with E-state index in [1.807, 2.05) is 32.9 Å². The number of rotatable bonds is 4. The van der Waals surface area contributed by atoms with Crippen LogP contribution in [0.3, 0.4) is 0 Å². The van der Waals surface area contributed by atoms with Crippen LogP contribution >= 0.6 is 11.3 Å². The van der Waals surface area contributed by atoms with E-state index in [9.17, 15) is 0 Å². The highest BCUT2D eigenvalue weighted by Gasteiger charge is 2.08. The maximum atomic E-state index is 6.02. The van der Waals surface area contributed by atoms with E-state index in [0.717, 1.165) is 22.9 Å². The maximum Gasteiger partial charge on any atom is 0.142 e. The van der Waals surface area contributed by atoms with Crippen molar-refractivity contribution in [2.45, 2.75) is 40.2 Å². The van der Waals surface area contributed by atoms with Crippen molar-refractivity contribution in [3.63, 3.8) is 0 Å². The first-order valence-corrected chi connectivity index (χ1v) is 7.25.